The van der Waals surface area contributed by atoms with Gasteiger partial charge < -0.3 is 15.5 Å². The summed E-state index contributed by atoms with van der Waals surface area (Å²) in [5.74, 6) is -0.983. The van der Waals surface area contributed by atoms with E-state index >= 15 is 0 Å². The molecule has 3 rings (SSSR count). The van der Waals surface area contributed by atoms with E-state index in [1.54, 1.807) is 0 Å². The molecule has 2 bridgehead atoms. The van der Waals surface area contributed by atoms with Crippen molar-refractivity contribution >= 4 is 33.5 Å². The van der Waals surface area contributed by atoms with E-state index < -0.39 is 23.0 Å². The Balaban J connectivity index is 2.31. The fraction of sp³-hybridized carbons (Fsp3) is 0.875. The van der Waals surface area contributed by atoms with Crippen LogP contribution in [0.3, 0.4) is 0 Å². The van der Waals surface area contributed by atoms with Crippen LogP contribution in [0.4, 0.5) is 0 Å². The lowest BCUT2D eigenvalue weighted by molar-refractivity contribution is -0.146. The summed E-state index contributed by atoms with van der Waals surface area (Å²) in [6.07, 6.45) is -0.342. The average Bonchev–Trinajstić information content (AvgIpc) is 2.13. The normalized spacial score (nSPS) is 51.9. The molecule has 0 radical (unpaired) electrons. The highest BCUT2D eigenvalue weighted by Gasteiger charge is 2.58. The van der Waals surface area contributed by atoms with Gasteiger partial charge in [-0.05, 0) is 18.9 Å². The summed E-state index contributed by atoms with van der Waals surface area (Å²) in [6, 6.07) is -0.573. The van der Waals surface area contributed by atoms with Gasteiger partial charge in [0.25, 0.3) is 0 Å². The number of aliphatic carboxylic acids is 1. The van der Waals surface area contributed by atoms with Crippen molar-refractivity contribution in [3.8, 4) is 0 Å². The standard InChI is InChI=1S/C8H11BrClNO3/c9-4-3-1-8(10,7(13)14)6(5(4)12)11-2-3/h3-6,11-12H,1-2H2,(H,13,14). The average molecular weight is 285 g/mol. The molecule has 3 N–H and O–H groups in total. The largest absolute Gasteiger partial charge is 0.480 e. The number of piperidine rings is 2. The Morgan fingerprint density at radius 1 is 1.64 bits per heavy atom. The summed E-state index contributed by atoms with van der Waals surface area (Å²) < 4.78 is 0. The molecule has 1 saturated carbocycles. The molecule has 14 heavy (non-hydrogen) atoms. The monoisotopic (exact) mass is 283 g/mol. The molecule has 0 spiro atoms. The van der Waals surface area contributed by atoms with Gasteiger partial charge in [-0.15, -0.1) is 11.6 Å². The first-order valence-electron chi connectivity index (χ1n) is 4.44. The number of aliphatic hydroxyl groups excluding tert-OH is 1. The smallest absolute Gasteiger partial charge is 0.326 e. The lowest BCUT2D eigenvalue weighted by Crippen LogP contribution is -2.71. The molecule has 0 amide bonds. The quantitative estimate of drug-likeness (QED) is 0.600. The number of aliphatic hydroxyl groups is 1. The van der Waals surface area contributed by atoms with Crippen molar-refractivity contribution in [2.45, 2.75) is 28.3 Å². The number of carboxylic acids is 1. The van der Waals surface area contributed by atoms with E-state index in [1.807, 2.05) is 0 Å². The first-order valence-corrected chi connectivity index (χ1v) is 5.74. The number of carboxylic acid groups (broad SMARTS) is 1. The highest BCUT2D eigenvalue weighted by Crippen LogP contribution is 2.44. The zero-order valence-corrected chi connectivity index (χ0v) is 9.62. The molecule has 2 saturated heterocycles. The van der Waals surface area contributed by atoms with Crippen LogP contribution in [0.2, 0.25) is 0 Å². The molecule has 3 aliphatic rings. The number of halogens is 2. The second-order valence-corrected chi connectivity index (χ2v) is 5.68. The second kappa shape index (κ2) is 3.33. The van der Waals surface area contributed by atoms with E-state index in [-0.39, 0.29) is 10.7 Å². The summed E-state index contributed by atoms with van der Waals surface area (Å²) in [5, 5.41) is 21.8. The molecule has 0 aromatic heterocycles. The van der Waals surface area contributed by atoms with Crippen LogP contribution < -0.4 is 5.32 Å². The summed E-state index contributed by atoms with van der Waals surface area (Å²) in [5.41, 5.74) is 0. The van der Waals surface area contributed by atoms with Gasteiger partial charge in [0.05, 0.1) is 12.1 Å². The fourth-order valence-corrected chi connectivity index (χ4v) is 3.40. The van der Waals surface area contributed by atoms with E-state index in [9.17, 15) is 9.90 Å². The third-order valence-corrected chi connectivity index (χ3v) is 4.97. The van der Waals surface area contributed by atoms with Gasteiger partial charge in [0, 0.05) is 4.83 Å². The van der Waals surface area contributed by atoms with Gasteiger partial charge in [0.2, 0.25) is 0 Å². The molecular formula is C8H11BrClNO3. The number of carbonyl (C=O) groups is 1. The van der Waals surface area contributed by atoms with Crippen molar-refractivity contribution in [2.75, 3.05) is 6.54 Å². The minimum atomic E-state index is -1.35. The van der Waals surface area contributed by atoms with Crippen molar-refractivity contribution in [1.82, 2.24) is 5.32 Å². The lowest BCUT2D eigenvalue weighted by Gasteiger charge is -2.51. The number of fused-ring (bicyclic) bond motifs is 3. The first-order chi connectivity index (χ1) is 6.47. The van der Waals surface area contributed by atoms with Gasteiger partial charge in [0.1, 0.15) is 0 Å². The molecule has 2 heterocycles. The molecule has 0 aromatic rings. The van der Waals surface area contributed by atoms with Crippen LogP contribution in [0.1, 0.15) is 6.42 Å². The summed E-state index contributed by atoms with van der Waals surface area (Å²) >= 11 is 9.39. The molecular weight excluding hydrogens is 273 g/mol. The van der Waals surface area contributed by atoms with Crippen LogP contribution in [0.25, 0.3) is 0 Å². The predicted molar refractivity (Wildman–Crippen MR) is 54.8 cm³/mol. The Morgan fingerprint density at radius 3 is 2.79 bits per heavy atom. The molecule has 3 fully saturated rings. The van der Waals surface area contributed by atoms with Gasteiger partial charge in [-0.3, -0.25) is 4.79 Å². The van der Waals surface area contributed by atoms with E-state index in [2.05, 4.69) is 21.2 Å². The topological polar surface area (TPSA) is 69.6 Å². The highest BCUT2D eigenvalue weighted by atomic mass is 79.9. The summed E-state index contributed by atoms with van der Waals surface area (Å²) in [6.45, 7) is 0.708. The molecule has 2 aliphatic heterocycles. The van der Waals surface area contributed by atoms with Gasteiger partial charge in [-0.25, -0.2) is 0 Å². The molecule has 0 aromatic carbocycles. The van der Waals surface area contributed by atoms with Crippen molar-refractivity contribution in [2.24, 2.45) is 5.92 Å². The maximum Gasteiger partial charge on any atom is 0.326 e. The Morgan fingerprint density at radius 2 is 2.29 bits per heavy atom. The number of hydrogen-bond donors (Lipinski definition) is 3. The Kier molecular flexibility index (Phi) is 2.54. The van der Waals surface area contributed by atoms with Crippen LogP contribution in [0, 0.1) is 5.92 Å². The minimum Gasteiger partial charge on any atom is -0.480 e. The molecule has 5 atom stereocenters. The third-order valence-electron chi connectivity index (χ3n) is 3.13. The minimum absolute atomic E-state index is 0.0556. The van der Waals surface area contributed by atoms with Crippen LogP contribution in [0.5, 0.6) is 0 Å². The fourth-order valence-electron chi connectivity index (χ4n) is 2.32. The molecule has 80 valence electrons. The SMILES string of the molecule is O=C(O)C1(Cl)CC2CNC1C(O)C2Br. The second-order valence-electron chi connectivity index (χ2n) is 3.95. The van der Waals surface area contributed by atoms with E-state index in [1.165, 1.54) is 0 Å². The number of hydrogen-bond acceptors (Lipinski definition) is 3. The van der Waals surface area contributed by atoms with Gasteiger partial charge in [0.15, 0.2) is 4.87 Å². The molecule has 6 heteroatoms. The predicted octanol–water partition coefficient (Wildman–Crippen LogP) is 0.165. The van der Waals surface area contributed by atoms with Gasteiger partial charge in [-0.1, -0.05) is 15.9 Å². The molecule has 5 unspecified atom stereocenters. The maximum absolute atomic E-state index is 11.0. The van der Waals surface area contributed by atoms with Crippen LogP contribution in [-0.4, -0.2) is 44.6 Å². The molecule has 4 nitrogen and oxygen atoms in total. The maximum atomic E-state index is 11.0. The van der Waals surface area contributed by atoms with Crippen LogP contribution in [0.15, 0.2) is 0 Å². The van der Waals surface area contributed by atoms with Crippen LogP contribution in [-0.2, 0) is 4.79 Å². The van der Waals surface area contributed by atoms with Crippen molar-refractivity contribution in [3.05, 3.63) is 0 Å². The third kappa shape index (κ3) is 1.30. The van der Waals surface area contributed by atoms with Gasteiger partial charge in [-0.2, -0.15) is 0 Å². The highest BCUT2D eigenvalue weighted by molar-refractivity contribution is 9.09. The van der Waals surface area contributed by atoms with Crippen molar-refractivity contribution in [1.29, 1.82) is 0 Å². The van der Waals surface area contributed by atoms with Gasteiger partial charge >= 0.3 is 5.97 Å². The summed E-state index contributed by atoms with van der Waals surface area (Å²) in [7, 11) is 0. The Hall–Kier alpha value is 0.160. The number of alkyl halides is 2. The zero-order chi connectivity index (χ0) is 10.5. The van der Waals surface area contributed by atoms with E-state index in [4.69, 9.17) is 16.7 Å². The van der Waals surface area contributed by atoms with Crippen molar-refractivity contribution < 1.29 is 15.0 Å². The van der Waals surface area contributed by atoms with E-state index in [0.29, 0.717) is 13.0 Å². The Bertz CT molecular complexity index is 275. The Labute approximate surface area is 94.8 Å². The number of nitrogens with one attached hydrogen (secondary N) is 1. The summed E-state index contributed by atoms with van der Waals surface area (Å²) in [4.78, 5) is 9.61. The van der Waals surface area contributed by atoms with Crippen molar-refractivity contribution in [3.63, 3.8) is 0 Å². The number of rotatable bonds is 1. The molecule has 1 aliphatic carbocycles. The zero-order valence-electron chi connectivity index (χ0n) is 7.28. The van der Waals surface area contributed by atoms with Crippen LogP contribution >= 0.6 is 27.5 Å². The van der Waals surface area contributed by atoms with E-state index in [0.717, 1.165) is 0 Å². The lowest BCUT2D eigenvalue weighted by atomic mass is 9.71. The first kappa shape index (κ1) is 10.7.